The molecule has 154 valence electrons. The monoisotopic (exact) mass is 469 g/mol. The third-order valence-corrected chi connectivity index (χ3v) is 5.04. The number of amides is 1. The molecule has 0 fully saturated rings. The molecule has 0 bridgehead atoms. The van der Waals surface area contributed by atoms with E-state index in [0.717, 1.165) is 0 Å². The predicted octanol–water partition coefficient (Wildman–Crippen LogP) is 3.19. The molecule has 1 amide bonds. The van der Waals surface area contributed by atoms with E-state index in [0.29, 0.717) is 45.1 Å². The third-order valence-electron chi connectivity index (χ3n) is 4.35. The van der Waals surface area contributed by atoms with Crippen LogP contribution in [0.3, 0.4) is 0 Å². The van der Waals surface area contributed by atoms with E-state index in [-0.39, 0.29) is 11.5 Å². The number of halogens is 1. The molecular formula is C22H18BrN2O5-. The van der Waals surface area contributed by atoms with Crippen molar-refractivity contribution in [2.45, 2.75) is 6.92 Å². The molecule has 0 saturated carbocycles. The van der Waals surface area contributed by atoms with Crippen molar-refractivity contribution in [1.82, 2.24) is 0 Å². The van der Waals surface area contributed by atoms with Crippen LogP contribution in [0.4, 0.5) is 5.69 Å². The summed E-state index contributed by atoms with van der Waals surface area (Å²) in [6.07, 6.45) is 3.34. The molecule has 1 aliphatic heterocycles. The predicted molar refractivity (Wildman–Crippen MR) is 116 cm³/mol. The van der Waals surface area contributed by atoms with Crippen LogP contribution in [0.15, 0.2) is 64.2 Å². The van der Waals surface area contributed by atoms with Gasteiger partial charge in [-0.05, 0) is 48.4 Å². The Morgan fingerprint density at radius 1 is 1.27 bits per heavy atom. The minimum absolute atomic E-state index is 0.0247. The number of hydrogen-bond acceptors (Lipinski definition) is 6. The molecule has 0 radical (unpaired) electrons. The number of ether oxygens (including phenoxy) is 2. The fraction of sp³-hybridized carbons (Fsp3) is 0.136. The van der Waals surface area contributed by atoms with Crippen molar-refractivity contribution < 1.29 is 24.2 Å². The molecule has 7 nitrogen and oxygen atoms in total. The van der Waals surface area contributed by atoms with Gasteiger partial charge in [0.2, 0.25) is 0 Å². The highest BCUT2D eigenvalue weighted by atomic mass is 79.9. The Bertz CT molecular complexity index is 1070. The fourth-order valence-corrected chi connectivity index (χ4v) is 3.27. The molecule has 1 aliphatic rings. The van der Waals surface area contributed by atoms with Crippen LogP contribution >= 0.6 is 15.9 Å². The SMILES string of the molecule is C=CCOc1cc(Br)c(/C=C2/C(=O)N(c3ccc(C(=O)[O-])cc3)N=C2C)cc1OC. The largest absolute Gasteiger partial charge is 0.545 e. The quantitative estimate of drug-likeness (QED) is 0.458. The first-order valence-electron chi connectivity index (χ1n) is 8.90. The number of hydrazone groups is 1. The van der Waals surface area contributed by atoms with Gasteiger partial charge in [-0.15, -0.1) is 0 Å². The highest BCUT2D eigenvalue weighted by molar-refractivity contribution is 9.10. The average molecular weight is 470 g/mol. The summed E-state index contributed by atoms with van der Waals surface area (Å²) in [7, 11) is 1.53. The number of nitrogens with zero attached hydrogens (tertiary/aromatic N) is 2. The molecule has 2 aromatic rings. The summed E-state index contributed by atoms with van der Waals surface area (Å²) in [5.74, 6) is -0.550. The van der Waals surface area contributed by atoms with Crippen LogP contribution in [-0.4, -0.2) is 31.3 Å². The van der Waals surface area contributed by atoms with Gasteiger partial charge in [0, 0.05) is 4.47 Å². The minimum atomic E-state index is -1.28. The molecule has 0 atom stereocenters. The Morgan fingerprint density at radius 3 is 2.57 bits per heavy atom. The average Bonchev–Trinajstić information content (AvgIpc) is 3.01. The van der Waals surface area contributed by atoms with Crippen LogP contribution in [-0.2, 0) is 4.79 Å². The van der Waals surface area contributed by atoms with E-state index in [1.165, 1.54) is 36.4 Å². The maximum Gasteiger partial charge on any atom is 0.280 e. The van der Waals surface area contributed by atoms with Crippen LogP contribution in [0.25, 0.3) is 6.08 Å². The number of rotatable bonds is 7. The smallest absolute Gasteiger partial charge is 0.280 e. The second kappa shape index (κ2) is 8.96. The lowest BCUT2D eigenvalue weighted by molar-refractivity contribution is -0.255. The number of benzene rings is 2. The van der Waals surface area contributed by atoms with Gasteiger partial charge < -0.3 is 19.4 Å². The standard InChI is InChI=1S/C22H19BrN2O5/c1-4-9-30-20-12-18(23)15(11-19(20)29-3)10-17-13(2)24-25(21(17)26)16-7-5-14(6-8-16)22(27)28/h4-8,10-12H,1,9H2,2-3H3,(H,27,28)/p-1/b17-10+. The Hall–Kier alpha value is -3.39. The molecule has 8 heteroatoms. The van der Waals surface area contributed by atoms with Crippen molar-refractivity contribution in [2.24, 2.45) is 5.10 Å². The first-order valence-corrected chi connectivity index (χ1v) is 9.69. The van der Waals surface area contributed by atoms with Gasteiger partial charge in [-0.2, -0.15) is 10.1 Å². The van der Waals surface area contributed by atoms with Crippen LogP contribution in [0.5, 0.6) is 11.5 Å². The molecule has 30 heavy (non-hydrogen) atoms. The Morgan fingerprint density at radius 2 is 1.97 bits per heavy atom. The molecule has 0 unspecified atom stereocenters. The van der Waals surface area contributed by atoms with Gasteiger partial charge in [0.25, 0.3) is 5.91 Å². The van der Waals surface area contributed by atoms with Crippen LogP contribution in [0.2, 0.25) is 0 Å². The molecule has 1 heterocycles. The summed E-state index contributed by atoms with van der Waals surface area (Å²) in [6.45, 7) is 5.69. The number of carboxylic acid groups (broad SMARTS) is 1. The van der Waals surface area contributed by atoms with Gasteiger partial charge in [0.1, 0.15) is 6.61 Å². The van der Waals surface area contributed by atoms with E-state index in [1.807, 2.05) is 0 Å². The van der Waals surface area contributed by atoms with Crippen molar-refractivity contribution in [2.75, 3.05) is 18.7 Å². The Balaban J connectivity index is 1.93. The zero-order valence-corrected chi connectivity index (χ0v) is 17.9. The lowest BCUT2D eigenvalue weighted by Crippen LogP contribution is -2.23. The van der Waals surface area contributed by atoms with Crippen molar-refractivity contribution >= 4 is 45.3 Å². The van der Waals surface area contributed by atoms with Crippen molar-refractivity contribution in [3.05, 3.63) is 70.2 Å². The number of carbonyl (C=O) groups is 2. The summed E-state index contributed by atoms with van der Waals surface area (Å²) in [5.41, 5.74) is 2.13. The topological polar surface area (TPSA) is 91.3 Å². The van der Waals surface area contributed by atoms with Gasteiger partial charge in [-0.1, -0.05) is 40.7 Å². The number of carbonyl (C=O) groups excluding carboxylic acids is 2. The summed E-state index contributed by atoms with van der Waals surface area (Å²) in [5, 5.41) is 16.5. The molecule has 0 saturated heterocycles. The summed E-state index contributed by atoms with van der Waals surface area (Å²) in [4.78, 5) is 23.9. The molecule has 0 N–H and O–H groups in total. The molecule has 0 aliphatic carbocycles. The summed E-state index contributed by atoms with van der Waals surface area (Å²) < 4.78 is 11.7. The van der Waals surface area contributed by atoms with Gasteiger partial charge in [-0.25, -0.2) is 0 Å². The highest BCUT2D eigenvalue weighted by Crippen LogP contribution is 2.35. The Labute approximate surface area is 182 Å². The van der Waals surface area contributed by atoms with E-state index in [4.69, 9.17) is 9.47 Å². The third kappa shape index (κ3) is 4.28. The molecular weight excluding hydrogens is 452 g/mol. The number of aromatic carboxylic acids is 1. The maximum atomic E-state index is 12.9. The lowest BCUT2D eigenvalue weighted by Gasteiger charge is -2.13. The summed E-state index contributed by atoms with van der Waals surface area (Å²) >= 11 is 3.50. The number of hydrogen-bond donors (Lipinski definition) is 0. The van der Waals surface area contributed by atoms with E-state index in [1.54, 1.807) is 31.2 Å². The first-order chi connectivity index (χ1) is 14.3. The molecule has 0 aromatic heterocycles. The second-order valence-corrected chi connectivity index (χ2v) is 7.17. The molecule has 2 aromatic carbocycles. The number of methoxy groups -OCH3 is 1. The minimum Gasteiger partial charge on any atom is -0.545 e. The zero-order valence-electron chi connectivity index (χ0n) is 16.3. The number of anilines is 1. The van der Waals surface area contributed by atoms with Gasteiger partial charge in [0.15, 0.2) is 11.5 Å². The molecule has 0 spiro atoms. The van der Waals surface area contributed by atoms with Crippen LogP contribution < -0.4 is 19.6 Å². The van der Waals surface area contributed by atoms with Gasteiger partial charge in [0.05, 0.1) is 30.1 Å². The van der Waals surface area contributed by atoms with E-state index < -0.39 is 5.97 Å². The van der Waals surface area contributed by atoms with Crippen LogP contribution in [0, 0.1) is 0 Å². The normalized spacial score (nSPS) is 14.6. The molecule has 3 rings (SSSR count). The van der Waals surface area contributed by atoms with Gasteiger partial charge in [-0.3, -0.25) is 4.79 Å². The fourth-order valence-electron chi connectivity index (χ4n) is 2.84. The van der Waals surface area contributed by atoms with E-state index in [9.17, 15) is 14.7 Å². The first kappa shape index (κ1) is 21.3. The second-order valence-electron chi connectivity index (χ2n) is 6.32. The highest BCUT2D eigenvalue weighted by Gasteiger charge is 2.29. The Kier molecular flexibility index (Phi) is 6.37. The van der Waals surface area contributed by atoms with E-state index in [2.05, 4.69) is 27.6 Å². The maximum absolute atomic E-state index is 12.9. The van der Waals surface area contributed by atoms with E-state index >= 15 is 0 Å². The van der Waals surface area contributed by atoms with Crippen molar-refractivity contribution in [1.29, 1.82) is 0 Å². The van der Waals surface area contributed by atoms with Crippen molar-refractivity contribution in [3.8, 4) is 11.5 Å². The summed E-state index contributed by atoms with van der Waals surface area (Å²) in [6, 6.07) is 9.27. The van der Waals surface area contributed by atoms with Gasteiger partial charge >= 0.3 is 0 Å². The van der Waals surface area contributed by atoms with Crippen molar-refractivity contribution in [3.63, 3.8) is 0 Å². The number of carboxylic acids is 1. The van der Waals surface area contributed by atoms with Crippen LogP contribution in [0.1, 0.15) is 22.8 Å². The zero-order chi connectivity index (χ0) is 21.8. The lowest BCUT2D eigenvalue weighted by atomic mass is 10.1.